The lowest BCUT2D eigenvalue weighted by molar-refractivity contribution is -0.162. The van der Waals surface area contributed by atoms with Crippen LogP contribution in [0, 0.1) is 17.3 Å². The lowest BCUT2D eigenvalue weighted by Gasteiger charge is -2.32. The van der Waals surface area contributed by atoms with Gasteiger partial charge in [-0.25, -0.2) is 4.79 Å². The van der Waals surface area contributed by atoms with E-state index >= 15 is 0 Å². The zero-order valence-electron chi connectivity index (χ0n) is 15.3. The molecule has 1 rings (SSSR count). The Morgan fingerprint density at radius 1 is 1.35 bits per heavy atom. The highest BCUT2D eigenvalue weighted by Gasteiger charge is 2.48. The molecule has 23 heavy (non-hydrogen) atoms. The molecule has 1 aliphatic rings. The highest BCUT2D eigenvalue weighted by Crippen LogP contribution is 2.31. The molecule has 0 spiro atoms. The van der Waals surface area contributed by atoms with Gasteiger partial charge in [0.2, 0.25) is 11.7 Å². The Bertz CT molecular complexity index is 439. The lowest BCUT2D eigenvalue weighted by Crippen LogP contribution is -2.51. The van der Waals surface area contributed by atoms with E-state index < -0.39 is 29.8 Å². The van der Waals surface area contributed by atoms with Crippen LogP contribution in [0.25, 0.3) is 0 Å². The van der Waals surface area contributed by atoms with Crippen molar-refractivity contribution < 1.29 is 24.2 Å². The number of hydrogen-bond donors (Lipinski definition) is 2. The minimum atomic E-state index is -1.02. The summed E-state index contributed by atoms with van der Waals surface area (Å²) in [6.07, 6.45) is -0.407. The zero-order valence-corrected chi connectivity index (χ0v) is 15.3. The summed E-state index contributed by atoms with van der Waals surface area (Å²) in [6, 6.07) is -0.393. The van der Waals surface area contributed by atoms with Crippen LogP contribution in [0.15, 0.2) is 0 Å². The minimum absolute atomic E-state index is 0.162. The van der Waals surface area contributed by atoms with E-state index in [1.807, 2.05) is 34.6 Å². The van der Waals surface area contributed by atoms with Crippen molar-refractivity contribution in [1.82, 2.24) is 5.32 Å². The van der Waals surface area contributed by atoms with Crippen LogP contribution in [0.1, 0.15) is 54.9 Å². The SMILES string of the molecule is CC(C)C[C@@H](C(=O)N[C@H](CO)C(C)(C)C)[C@@H]1OC(C)(C)OC1=O. The van der Waals surface area contributed by atoms with E-state index in [0.717, 1.165) is 0 Å². The number of ether oxygens (including phenoxy) is 2. The second-order valence-corrected chi connectivity index (χ2v) is 8.21. The van der Waals surface area contributed by atoms with Gasteiger partial charge in [-0.1, -0.05) is 34.6 Å². The van der Waals surface area contributed by atoms with Crippen molar-refractivity contribution in [1.29, 1.82) is 0 Å². The average Bonchev–Trinajstić information content (AvgIpc) is 2.64. The number of esters is 1. The third-order valence-corrected chi connectivity index (χ3v) is 3.96. The maximum atomic E-state index is 12.7. The molecule has 1 aliphatic heterocycles. The van der Waals surface area contributed by atoms with Crippen LogP contribution in [0.5, 0.6) is 0 Å². The fourth-order valence-electron chi connectivity index (χ4n) is 2.62. The number of carbonyl (C=O) groups excluding carboxylic acids is 2. The molecule has 0 radical (unpaired) electrons. The number of nitrogens with one attached hydrogen (secondary N) is 1. The van der Waals surface area contributed by atoms with Gasteiger partial charge in [-0.05, 0) is 17.8 Å². The van der Waals surface area contributed by atoms with Crippen LogP contribution in [0.2, 0.25) is 0 Å². The third kappa shape index (κ3) is 5.46. The minimum Gasteiger partial charge on any atom is -0.432 e. The van der Waals surface area contributed by atoms with Crippen LogP contribution in [-0.2, 0) is 19.1 Å². The monoisotopic (exact) mass is 329 g/mol. The molecule has 6 heteroatoms. The molecule has 2 N–H and O–H groups in total. The van der Waals surface area contributed by atoms with E-state index in [1.165, 1.54) is 0 Å². The summed E-state index contributed by atoms with van der Waals surface area (Å²) < 4.78 is 10.8. The first-order valence-corrected chi connectivity index (χ1v) is 8.19. The highest BCUT2D eigenvalue weighted by atomic mass is 16.8. The van der Waals surface area contributed by atoms with E-state index in [0.29, 0.717) is 6.42 Å². The van der Waals surface area contributed by atoms with Crippen LogP contribution < -0.4 is 5.32 Å². The predicted molar refractivity (Wildman–Crippen MR) is 86.5 cm³/mol. The molecule has 0 aromatic heterocycles. The van der Waals surface area contributed by atoms with Gasteiger partial charge in [-0.3, -0.25) is 4.79 Å². The number of rotatable bonds is 6. The Morgan fingerprint density at radius 2 is 1.91 bits per heavy atom. The van der Waals surface area contributed by atoms with Gasteiger partial charge in [0.1, 0.15) is 0 Å². The van der Waals surface area contributed by atoms with Crippen molar-refractivity contribution in [3.63, 3.8) is 0 Å². The molecule has 0 aliphatic carbocycles. The van der Waals surface area contributed by atoms with Gasteiger partial charge >= 0.3 is 5.97 Å². The van der Waals surface area contributed by atoms with E-state index in [1.54, 1.807) is 13.8 Å². The van der Waals surface area contributed by atoms with Gasteiger partial charge in [-0.15, -0.1) is 0 Å². The molecule has 6 nitrogen and oxygen atoms in total. The summed E-state index contributed by atoms with van der Waals surface area (Å²) in [7, 11) is 0. The fourth-order valence-corrected chi connectivity index (χ4v) is 2.62. The van der Waals surface area contributed by atoms with Gasteiger partial charge in [0, 0.05) is 13.8 Å². The van der Waals surface area contributed by atoms with E-state index in [9.17, 15) is 14.7 Å². The summed E-state index contributed by atoms with van der Waals surface area (Å²) in [6.45, 7) is 12.9. The average molecular weight is 329 g/mol. The zero-order chi connectivity index (χ0) is 18.0. The normalized spacial score (nSPS) is 23.5. The molecular formula is C17H31NO5. The fraction of sp³-hybridized carbons (Fsp3) is 0.882. The molecule has 0 aromatic carbocycles. The summed E-state index contributed by atoms with van der Waals surface area (Å²) in [5, 5.41) is 12.4. The molecule has 0 saturated carbocycles. The second kappa shape index (κ2) is 7.18. The van der Waals surface area contributed by atoms with Crippen LogP contribution in [0.3, 0.4) is 0 Å². The number of amides is 1. The molecule has 0 unspecified atom stereocenters. The van der Waals surface area contributed by atoms with Crippen molar-refractivity contribution in [2.75, 3.05) is 6.61 Å². The molecule has 1 amide bonds. The first-order chi connectivity index (χ1) is 10.4. The lowest BCUT2D eigenvalue weighted by atomic mass is 9.85. The van der Waals surface area contributed by atoms with Crippen molar-refractivity contribution >= 4 is 11.9 Å². The smallest absolute Gasteiger partial charge is 0.338 e. The number of cyclic esters (lactones) is 1. The molecular weight excluding hydrogens is 298 g/mol. The van der Waals surface area contributed by atoms with Crippen molar-refractivity contribution in [3.05, 3.63) is 0 Å². The van der Waals surface area contributed by atoms with E-state index in [4.69, 9.17) is 9.47 Å². The number of aliphatic hydroxyl groups is 1. The van der Waals surface area contributed by atoms with E-state index in [2.05, 4.69) is 5.32 Å². The van der Waals surface area contributed by atoms with Gasteiger partial charge in [0.05, 0.1) is 18.6 Å². The Hall–Kier alpha value is -1.14. The Balaban J connectivity index is 2.94. The van der Waals surface area contributed by atoms with Crippen molar-refractivity contribution in [3.8, 4) is 0 Å². The van der Waals surface area contributed by atoms with Crippen LogP contribution in [0.4, 0.5) is 0 Å². The Morgan fingerprint density at radius 3 is 2.26 bits per heavy atom. The first kappa shape index (κ1) is 19.9. The topological polar surface area (TPSA) is 84.9 Å². The maximum Gasteiger partial charge on any atom is 0.338 e. The molecule has 0 aromatic rings. The van der Waals surface area contributed by atoms with Crippen LogP contribution in [-0.4, -0.2) is 41.5 Å². The Labute approximate surface area is 138 Å². The molecule has 3 atom stereocenters. The maximum absolute atomic E-state index is 12.7. The van der Waals surface area contributed by atoms with Gasteiger partial charge in [-0.2, -0.15) is 0 Å². The van der Waals surface area contributed by atoms with Gasteiger partial charge in [0.15, 0.2) is 6.10 Å². The summed E-state index contributed by atoms with van der Waals surface area (Å²) in [5.41, 5.74) is -0.289. The summed E-state index contributed by atoms with van der Waals surface area (Å²) >= 11 is 0. The van der Waals surface area contributed by atoms with Crippen LogP contribution >= 0.6 is 0 Å². The van der Waals surface area contributed by atoms with Crippen molar-refractivity contribution in [2.45, 2.75) is 72.8 Å². The molecule has 134 valence electrons. The molecule has 1 heterocycles. The molecule has 1 fully saturated rings. The second-order valence-electron chi connectivity index (χ2n) is 8.21. The van der Waals surface area contributed by atoms with Gasteiger partial charge in [0.25, 0.3) is 0 Å². The number of carbonyl (C=O) groups is 2. The predicted octanol–water partition coefficient (Wildman–Crippen LogP) is 1.85. The largest absolute Gasteiger partial charge is 0.432 e. The molecule has 0 bridgehead atoms. The molecule has 1 saturated heterocycles. The highest BCUT2D eigenvalue weighted by molar-refractivity contribution is 5.88. The Kier molecular flexibility index (Phi) is 6.21. The van der Waals surface area contributed by atoms with Crippen molar-refractivity contribution in [2.24, 2.45) is 17.3 Å². The summed E-state index contributed by atoms with van der Waals surface area (Å²) in [5.74, 6) is -2.23. The summed E-state index contributed by atoms with van der Waals surface area (Å²) in [4.78, 5) is 24.8. The quantitative estimate of drug-likeness (QED) is 0.727. The third-order valence-electron chi connectivity index (χ3n) is 3.96. The first-order valence-electron chi connectivity index (χ1n) is 8.19. The van der Waals surface area contributed by atoms with Gasteiger partial charge < -0.3 is 19.9 Å². The number of aliphatic hydroxyl groups excluding tert-OH is 1. The van der Waals surface area contributed by atoms with E-state index in [-0.39, 0.29) is 23.8 Å². The standard InChI is InChI=1S/C17H31NO5/c1-10(2)8-11(13-15(21)23-17(6,7)22-13)14(20)18-12(9-19)16(3,4)5/h10-13,19H,8-9H2,1-7H3,(H,18,20)/t11-,12-,13+/m1/s1. The number of hydrogen-bond acceptors (Lipinski definition) is 5.